The fourth-order valence-corrected chi connectivity index (χ4v) is 6.97. The van der Waals surface area contributed by atoms with Gasteiger partial charge in [0.15, 0.2) is 5.03 Å². The number of nitrogens with zero attached hydrogens (tertiary/aromatic N) is 3. The molecule has 29 heavy (non-hydrogen) atoms. The lowest BCUT2D eigenvalue weighted by Crippen LogP contribution is -2.29. The number of rotatable bonds is 5. The molecule has 2 aliphatic heterocycles. The van der Waals surface area contributed by atoms with Gasteiger partial charge in [-0.15, -0.1) is 0 Å². The topological polar surface area (TPSA) is 53.5 Å². The Kier molecular flexibility index (Phi) is 5.18. The first-order valence-electron chi connectivity index (χ1n) is 10.9. The van der Waals surface area contributed by atoms with Gasteiger partial charge in [0.05, 0.1) is 0 Å². The first-order chi connectivity index (χ1) is 14.1. The summed E-state index contributed by atoms with van der Waals surface area (Å²) in [7, 11) is -3.54. The summed E-state index contributed by atoms with van der Waals surface area (Å²) >= 11 is 0. The van der Waals surface area contributed by atoms with Gasteiger partial charge < -0.3 is 0 Å². The molecular formula is C23H29N3O2S. The van der Waals surface area contributed by atoms with Crippen molar-refractivity contribution in [3.8, 4) is 11.1 Å². The fourth-order valence-electron chi connectivity index (χ4n) is 5.33. The first-order valence-corrected chi connectivity index (χ1v) is 12.3. The zero-order chi connectivity index (χ0) is 19.8. The molecule has 0 spiro atoms. The second kappa shape index (κ2) is 7.82. The van der Waals surface area contributed by atoms with E-state index in [0.29, 0.717) is 18.7 Å². The molecule has 2 atom stereocenters. The van der Waals surface area contributed by atoms with E-state index in [4.69, 9.17) is 0 Å². The molecule has 0 N–H and O–H groups in total. The molecule has 3 aliphatic rings. The van der Waals surface area contributed by atoms with Gasteiger partial charge >= 0.3 is 0 Å². The number of hydrogen-bond donors (Lipinski definition) is 0. The quantitative estimate of drug-likeness (QED) is 0.749. The van der Waals surface area contributed by atoms with Crippen molar-refractivity contribution in [2.24, 2.45) is 5.92 Å². The van der Waals surface area contributed by atoms with Gasteiger partial charge in [-0.3, -0.25) is 4.90 Å². The van der Waals surface area contributed by atoms with Crippen molar-refractivity contribution in [3.63, 3.8) is 0 Å². The number of sulfonamides is 1. The summed E-state index contributed by atoms with van der Waals surface area (Å²) in [5, 5.41) is 0.183. The van der Waals surface area contributed by atoms with Gasteiger partial charge in [-0.2, -0.15) is 4.31 Å². The molecular weight excluding hydrogens is 382 g/mol. The van der Waals surface area contributed by atoms with Crippen molar-refractivity contribution in [3.05, 3.63) is 48.2 Å². The average molecular weight is 412 g/mol. The Bertz CT molecular complexity index is 968. The van der Waals surface area contributed by atoms with Crippen molar-refractivity contribution >= 4 is 10.0 Å². The van der Waals surface area contributed by atoms with Crippen LogP contribution in [0.5, 0.6) is 0 Å². The van der Waals surface area contributed by atoms with Crippen LogP contribution in [0.3, 0.4) is 0 Å². The van der Waals surface area contributed by atoms with Crippen LogP contribution in [0.15, 0.2) is 47.6 Å². The van der Waals surface area contributed by atoms with Gasteiger partial charge in [0.1, 0.15) is 0 Å². The number of benzene rings is 1. The number of likely N-dealkylation sites (tertiary alicyclic amines) is 1. The van der Waals surface area contributed by atoms with Crippen LogP contribution in [0.1, 0.15) is 44.1 Å². The molecule has 5 rings (SSSR count). The van der Waals surface area contributed by atoms with Gasteiger partial charge in [0.25, 0.3) is 10.0 Å². The normalized spacial score (nSPS) is 25.5. The van der Waals surface area contributed by atoms with Crippen LogP contribution in [-0.2, 0) is 16.6 Å². The van der Waals surface area contributed by atoms with E-state index in [1.54, 1.807) is 10.5 Å². The summed E-state index contributed by atoms with van der Waals surface area (Å²) in [6.07, 6.45) is 8.89. The molecule has 2 saturated heterocycles. The van der Waals surface area contributed by atoms with Crippen molar-refractivity contribution in [2.75, 3.05) is 19.6 Å². The molecule has 1 aromatic carbocycles. The molecule has 3 heterocycles. The number of aromatic nitrogens is 1. The third kappa shape index (κ3) is 3.74. The van der Waals surface area contributed by atoms with Crippen LogP contribution in [0.4, 0.5) is 0 Å². The van der Waals surface area contributed by atoms with E-state index >= 15 is 0 Å². The molecule has 1 aromatic heterocycles. The van der Waals surface area contributed by atoms with Crippen LogP contribution < -0.4 is 0 Å². The molecule has 1 aliphatic carbocycles. The lowest BCUT2D eigenvalue weighted by atomic mass is 9.90. The third-order valence-corrected chi connectivity index (χ3v) is 8.69. The standard InChI is InChI=1S/C23H29N3O2S/c27-29(28,26-13-1-2-14-26)23-22(7-4-12-24-23)20-10-8-18(9-11-20)16-25-17-19-5-3-6-21(25)15-19/h4,7-12,19,21H,1-3,5-6,13-17H2/t19-,21+/m1/s1. The maximum atomic E-state index is 13.1. The van der Waals surface area contributed by atoms with E-state index in [1.165, 1.54) is 37.8 Å². The Hall–Kier alpha value is -1.76. The average Bonchev–Trinajstić information content (AvgIpc) is 3.38. The first kappa shape index (κ1) is 19.2. The maximum absolute atomic E-state index is 13.1. The Balaban J connectivity index is 1.38. The van der Waals surface area contributed by atoms with Crippen LogP contribution >= 0.6 is 0 Å². The van der Waals surface area contributed by atoms with E-state index in [0.717, 1.165) is 36.9 Å². The molecule has 0 radical (unpaired) electrons. The highest BCUT2D eigenvalue weighted by atomic mass is 32.2. The highest BCUT2D eigenvalue weighted by Crippen LogP contribution is 2.36. The van der Waals surface area contributed by atoms with Crippen LogP contribution in [0.25, 0.3) is 11.1 Å². The van der Waals surface area contributed by atoms with Crippen molar-refractivity contribution in [2.45, 2.75) is 56.1 Å². The van der Waals surface area contributed by atoms with E-state index in [2.05, 4.69) is 34.1 Å². The molecule has 6 heteroatoms. The molecule has 0 unspecified atom stereocenters. The van der Waals surface area contributed by atoms with Crippen molar-refractivity contribution in [1.82, 2.24) is 14.2 Å². The Morgan fingerprint density at radius 3 is 2.55 bits per heavy atom. The summed E-state index contributed by atoms with van der Waals surface area (Å²) in [6.45, 7) is 3.41. The lowest BCUT2D eigenvalue weighted by Gasteiger charge is -2.24. The summed E-state index contributed by atoms with van der Waals surface area (Å²) < 4.78 is 27.7. The van der Waals surface area contributed by atoms with E-state index in [1.807, 2.05) is 12.1 Å². The maximum Gasteiger partial charge on any atom is 0.261 e. The summed E-state index contributed by atoms with van der Waals surface area (Å²) in [6, 6.07) is 12.8. The molecule has 5 nitrogen and oxygen atoms in total. The van der Waals surface area contributed by atoms with E-state index in [-0.39, 0.29) is 5.03 Å². The van der Waals surface area contributed by atoms with Crippen LogP contribution in [0, 0.1) is 5.92 Å². The Morgan fingerprint density at radius 2 is 1.79 bits per heavy atom. The Morgan fingerprint density at radius 1 is 1.00 bits per heavy atom. The van der Waals surface area contributed by atoms with Crippen molar-refractivity contribution in [1.29, 1.82) is 0 Å². The SMILES string of the molecule is O=S(=O)(c1ncccc1-c1ccc(CN2C[C@@H]3CCC[C@H]2C3)cc1)N1CCCC1. The molecule has 154 valence electrons. The minimum atomic E-state index is -3.54. The number of pyridine rings is 1. The summed E-state index contributed by atoms with van der Waals surface area (Å²) in [4.78, 5) is 6.91. The Labute approximate surface area is 173 Å². The van der Waals surface area contributed by atoms with Gasteiger partial charge in [0.2, 0.25) is 0 Å². The predicted octanol–water partition coefficient (Wildman–Crippen LogP) is 3.91. The minimum Gasteiger partial charge on any atom is -0.296 e. The fraction of sp³-hybridized carbons (Fsp3) is 0.522. The van der Waals surface area contributed by atoms with Gasteiger partial charge in [0, 0.05) is 44.0 Å². The van der Waals surface area contributed by atoms with Crippen LogP contribution in [0.2, 0.25) is 0 Å². The van der Waals surface area contributed by atoms with Gasteiger partial charge in [-0.25, -0.2) is 13.4 Å². The van der Waals surface area contributed by atoms with Crippen LogP contribution in [-0.4, -0.2) is 48.3 Å². The second-order valence-corrected chi connectivity index (χ2v) is 10.6. The monoisotopic (exact) mass is 411 g/mol. The van der Waals surface area contributed by atoms with Gasteiger partial charge in [-0.1, -0.05) is 30.7 Å². The zero-order valence-electron chi connectivity index (χ0n) is 16.8. The minimum absolute atomic E-state index is 0.183. The number of hydrogen-bond acceptors (Lipinski definition) is 4. The zero-order valence-corrected chi connectivity index (χ0v) is 17.7. The smallest absolute Gasteiger partial charge is 0.261 e. The lowest BCUT2D eigenvalue weighted by molar-refractivity contribution is 0.237. The molecule has 3 fully saturated rings. The third-order valence-electron chi connectivity index (χ3n) is 6.84. The largest absolute Gasteiger partial charge is 0.296 e. The van der Waals surface area contributed by atoms with Crippen molar-refractivity contribution < 1.29 is 8.42 Å². The molecule has 0 amide bonds. The summed E-state index contributed by atoms with van der Waals surface area (Å²) in [5.74, 6) is 0.891. The van der Waals surface area contributed by atoms with Gasteiger partial charge in [-0.05, 0) is 61.3 Å². The molecule has 1 saturated carbocycles. The van der Waals surface area contributed by atoms with E-state index < -0.39 is 10.0 Å². The second-order valence-electron chi connectivity index (χ2n) is 8.78. The summed E-state index contributed by atoms with van der Waals surface area (Å²) in [5.41, 5.74) is 2.91. The van der Waals surface area contributed by atoms with E-state index in [9.17, 15) is 8.42 Å². The molecule has 2 aromatic rings. The number of fused-ring (bicyclic) bond motifs is 2. The highest BCUT2D eigenvalue weighted by Gasteiger charge is 2.35. The molecule has 2 bridgehead atoms. The predicted molar refractivity (Wildman–Crippen MR) is 114 cm³/mol. The highest BCUT2D eigenvalue weighted by molar-refractivity contribution is 7.89.